The summed E-state index contributed by atoms with van der Waals surface area (Å²) < 4.78 is 20.2. The Labute approximate surface area is 87.7 Å². The summed E-state index contributed by atoms with van der Waals surface area (Å²) in [5.41, 5.74) is 0. The Balaban J connectivity index is 1.60. The fourth-order valence-electron chi connectivity index (χ4n) is 1.10. The van der Waals surface area contributed by atoms with Crippen LogP contribution in [-0.2, 0) is 18.9 Å². The van der Waals surface area contributed by atoms with Crippen molar-refractivity contribution in [1.82, 2.24) is 0 Å². The molecule has 0 aromatic heterocycles. The minimum atomic E-state index is -1.11. The third-order valence-corrected chi connectivity index (χ3v) is 2.25. The van der Waals surface area contributed by atoms with Gasteiger partial charge in [0.2, 0.25) is 0 Å². The number of rotatable bonds is 8. The number of hydrogen-bond acceptors (Lipinski definition) is 6. The molecule has 6 nitrogen and oxygen atoms in total. The van der Waals surface area contributed by atoms with Crippen LogP contribution < -0.4 is 0 Å². The zero-order valence-electron chi connectivity index (χ0n) is 8.37. The Morgan fingerprint density at radius 3 is 2.13 bits per heavy atom. The van der Waals surface area contributed by atoms with E-state index in [2.05, 4.69) is 0 Å². The highest BCUT2D eigenvalue weighted by Crippen LogP contribution is 2.13. The lowest BCUT2D eigenvalue weighted by molar-refractivity contribution is -0.190. The largest absolute Gasteiger partial charge is 0.393 e. The zero-order chi connectivity index (χ0) is 10.7. The van der Waals surface area contributed by atoms with Gasteiger partial charge in [-0.15, -0.1) is 0 Å². The molecule has 0 radical (unpaired) electrons. The van der Waals surface area contributed by atoms with Crippen LogP contribution in [0.2, 0.25) is 0 Å². The van der Waals surface area contributed by atoms with Crippen LogP contribution in [-0.4, -0.2) is 67.8 Å². The monoisotopic (exact) mass is 220 g/mol. The second kappa shape index (κ2) is 5.20. The summed E-state index contributed by atoms with van der Waals surface area (Å²) in [5, 5.41) is 18.5. The van der Waals surface area contributed by atoms with Crippen LogP contribution in [0.5, 0.6) is 0 Å². The topological polar surface area (TPSA) is 84.0 Å². The molecule has 2 rings (SSSR count). The maximum Gasteiger partial charge on any atom is 0.183 e. The second-order valence-electron chi connectivity index (χ2n) is 3.69. The third-order valence-electron chi connectivity index (χ3n) is 2.25. The molecular formula is C9H16O6. The lowest BCUT2D eigenvalue weighted by atomic mass is 10.3. The average Bonchev–Trinajstić information content (AvgIpc) is 3.10. The summed E-state index contributed by atoms with van der Waals surface area (Å²) in [5.74, 6) is 0. The van der Waals surface area contributed by atoms with Gasteiger partial charge in [-0.25, -0.2) is 0 Å². The molecular weight excluding hydrogens is 204 g/mol. The van der Waals surface area contributed by atoms with Crippen LogP contribution in [0.25, 0.3) is 0 Å². The van der Waals surface area contributed by atoms with E-state index in [0.29, 0.717) is 26.4 Å². The molecule has 2 saturated heterocycles. The van der Waals surface area contributed by atoms with Crippen molar-refractivity contribution < 1.29 is 29.2 Å². The smallest absolute Gasteiger partial charge is 0.183 e. The summed E-state index contributed by atoms with van der Waals surface area (Å²) in [7, 11) is 0. The Bertz CT molecular complexity index is 191. The minimum Gasteiger partial charge on any atom is -0.393 e. The molecule has 2 fully saturated rings. The van der Waals surface area contributed by atoms with E-state index in [0.717, 1.165) is 0 Å². The molecule has 0 bridgehead atoms. The number of ether oxygens (including phenoxy) is 4. The molecule has 2 aliphatic heterocycles. The minimum absolute atomic E-state index is 0.0887. The van der Waals surface area contributed by atoms with Crippen molar-refractivity contribution in [3.63, 3.8) is 0 Å². The fraction of sp³-hybridized carbons (Fsp3) is 1.00. The van der Waals surface area contributed by atoms with E-state index >= 15 is 0 Å². The van der Waals surface area contributed by atoms with Gasteiger partial charge in [0, 0.05) is 0 Å². The van der Waals surface area contributed by atoms with Gasteiger partial charge in [-0.05, 0) is 0 Å². The first kappa shape index (κ1) is 11.3. The highest BCUT2D eigenvalue weighted by molar-refractivity contribution is 4.71. The molecule has 88 valence electrons. The van der Waals surface area contributed by atoms with Crippen molar-refractivity contribution >= 4 is 0 Å². The molecule has 0 aromatic carbocycles. The van der Waals surface area contributed by atoms with Gasteiger partial charge in [-0.3, -0.25) is 0 Å². The van der Waals surface area contributed by atoms with Gasteiger partial charge in [0.05, 0.1) is 33.0 Å². The quantitative estimate of drug-likeness (QED) is 0.382. The average molecular weight is 220 g/mol. The Hall–Kier alpha value is -0.240. The number of aliphatic hydroxyl groups is 2. The van der Waals surface area contributed by atoms with Gasteiger partial charge < -0.3 is 29.2 Å². The van der Waals surface area contributed by atoms with Gasteiger partial charge in [-0.2, -0.15) is 0 Å². The van der Waals surface area contributed by atoms with E-state index < -0.39 is 12.4 Å². The van der Waals surface area contributed by atoms with Crippen molar-refractivity contribution in [1.29, 1.82) is 0 Å². The maximum absolute atomic E-state index is 9.52. The molecule has 4 unspecified atom stereocenters. The van der Waals surface area contributed by atoms with Crippen LogP contribution in [0.15, 0.2) is 0 Å². The molecule has 0 amide bonds. The van der Waals surface area contributed by atoms with Gasteiger partial charge in [0.1, 0.15) is 18.3 Å². The molecule has 0 aromatic rings. The molecule has 4 atom stereocenters. The number of epoxide rings is 2. The predicted octanol–water partition coefficient (Wildman–Crippen LogP) is -1.50. The highest BCUT2D eigenvalue weighted by Gasteiger charge is 2.29. The number of hydrogen-bond donors (Lipinski definition) is 2. The van der Waals surface area contributed by atoms with Gasteiger partial charge in [0.15, 0.2) is 6.29 Å². The highest BCUT2D eigenvalue weighted by atomic mass is 16.7. The normalized spacial score (nSPS) is 32.4. The van der Waals surface area contributed by atoms with Crippen molar-refractivity contribution in [2.75, 3.05) is 33.0 Å². The summed E-state index contributed by atoms with van der Waals surface area (Å²) in [6.07, 6.45) is -1.63. The first-order valence-corrected chi connectivity index (χ1v) is 5.05. The first-order valence-electron chi connectivity index (χ1n) is 5.05. The summed E-state index contributed by atoms with van der Waals surface area (Å²) in [4.78, 5) is 0. The zero-order valence-corrected chi connectivity index (χ0v) is 8.37. The van der Waals surface area contributed by atoms with Crippen LogP contribution in [0.4, 0.5) is 0 Å². The Morgan fingerprint density at radius 1 is 1.13 bits per heavy atom. The van der Waals surface area contributed by atoms with Gasteiger partial charge in [-0.1, -0.05) is 0 Å². The van der Waals surface area contributed by atoms with Crippen molar-refractivity contribution in [3.8, 4) is 0 Å². The summed E-state index contributed by atoms with van der Waals surface area (Å²) >= 11 is 0. The van der Waals surface area contributed by atoms with Gasteiger partial charge >= 0.3 is 0 Å². The third kappa shape index (κ3) is 4.02. The molecule has 0 saturated carbocycles. The predicted molar refractivity (Wildman–Crippen MR) is 48.3 cm³/mol. The molecule has 2 N–H and O–H groups in total. The molecule has 6 heteroatoms. The molecule has 0 spiro atoms. The van der Waals surface area contributed by atoms with E-state index in [1.807, 2.05) is 0 Å². The SMILES string of the molecule is OCC(OCC1CO1)C(O)OCC1CO1. The number of aliphatic hydroxyl groups excluding tert-OH is 2. The van der Waals surface area contributed by atoms with Crippen molar-refractivity contribution in [2.45, 2.75) is 24.6 Å². The maximum atomic E-state index is 9.52. The summed E-state index contributed by atoms with van der Waals surface area (Å²) in [6, 6.07) is 0. The van der Waals surface area contributed by atoms with Crippen LogP contribution in [0.1, 0.15) is 0 Å². The molecule has 2 heterocycles. The first-order chi connectivity index (χ1) is 7.29. The van der Waals surface area contributed by atoms with E-state index in [1.165, 1.54) is 0 Å². The van der Waals surface area contributed by atoms with Crippen LogP contribution in [0.3, 0.4) is 0 Å². The lowest BCUT2D eigenvalue weighted by Gasteiger charge is -2.20. The Kier molecular flexibility index (Phi) is 3.90. The standard InChI is InChI=1S/C9H16O6/c10-1-8(14-4-6-2-12-6)9(11)15-5-7-3-13-7/h6-11H,1-5H2. The van der Waals surface area contributed by atoms with E-state index in [-0.39, 0.29) is 18.8 Å². The van der Waals surface area contributed by atoms with Crippen LogP contribution in [0, 0.1) is 0 Å². The van der Waals surface area contributed by atoms with E-state index in [9.17, 15) is 5.11 Å². The second-order valence-corrected chi connectivity index (χ2v) is 3.69. The summed E-state index contributed by atoms with van der Waals surface area (Å²) in [6.45, 7) is 1.80. The van der Waals surface area contributed by atoms with E-state index in [4.69, 9.17) is 24.1 Å². The van der Waals surface area contributed by atoms with E-state index in [1.54, 1.807) is 0 Å². The van der Waals surface area contributed by atoms with Crippen molar-refractivity contribution in [3.05, 3.63) is 0 Å². The molecule has 15 heavy (non-hydrogen) atoms. The van der Waals surface area contributed by atoms with Gasteiger partial charge in [0.25, 0.3) is 0 Å². The molecule has 2 aliphatic rings. The molecule has 0 aliphatic carbocycles. The fourth-order valence-corrected chi connectivity index (χ4v) is 1.10. The Morgan fingerprint density at radius 2 is 1.67 bits per heavy atom. The van der Waals surface area contributed by atoms with Crippen molar-refractivity contribution in [2.24, 2.45) is 0 Å². The van der Waals surface area contributed by atoms with Crippen LogP contribution >= 0.6 is 0 Å². The lowest BCUT2D eigenvalue weighted by Crippen LogP contribution is -2.36.